The van der Waals surface area contributed by atoms with Gasteiger partial charge in [0, 0.05) is 36.3 Å². The molecule has 1 atom stereocenters. The minimum atomic E-state index is -0.437. The lowest BCUT2D eigenvalue weighted by Gasteiger charge is -2.24. The van der Waals surface area contributed by atoms with Crippen molar-refractivity contribution in [3.8, 4) is 21.0 Å². The number of carbonyl (C=O) groups excluding carboxylic acids is 2. The lowest BCUT2D eigenvalue weighted by atomic mass is 10.1. The highest BCUT2D eigenvalue weighted by molar-refractivity contribution is 7.18. The minimum absolute atomic E-state index is 0.190. The van der Waals surface area contributed by atoms with Crippen LogP contribution in [0, 0.1) is 18.6 Å². The fourth-order valence-corrected chi connectivity index (χ4v) is 6.77. The monoisotopic (exact) mass is 563 g/mol. The molecule has 198 valence electrons. The first kappa shape index (κ1) is 25.3. The van der Waals surface area contributed by atoms with Gasteiger partial charge in [0.15, 0.2) is 4.96 Å². The second-order valence-electron chi connectivity index (χ2n) is 9.29. The third-order valence-electron chi connectivity index (χ3n) is 6.83. The second kappa shape index (κ2) is 10.3. The Kier molecular flexibility index (Phi) is 6.69. The summed E-state index contributed by atoms with van der Waals surface area (Å²) in [4.78, 5) is 39.0. The number of likely N-dealkylation sites (tertiary alicyclic amines) is 1. The van der Waals surface area contributed by atoms with Crippen molar-refractivity contribution in [3.05, 3.63) is 88.8 Å². The van der Waals surface area contributed by atoms with E-state index in [4.69, 9.17) is 0 Å². The number of nitrogens with zero attached hydrogens (tertiary/aromatic N) is 4. The smallest absolute Gasteiger partial charge is 0.274 e. The van der Waals surface area contributed by atoms with Crippen molar-refractivity contribution in [2.24, 2.45) is 0 Å². The van der Waals surface area contributed by atoms with Crippen LogP contribution in [0.5, 0.6) is 0 Å². The van der Waals surface area contributed by atoms with E-state index in [2.05, 4.69) is 15.3 Å². The van der Waals surface area contributed by atoms with Crippen LogP contribution in [0.25, 0.3) is 26.0 Å². The number of amides is 2. The molecular formula is C28H23F2N5O2S2. The van der Waals surface area contributed by atoms with Crippen LogP contribution in [-0.2, 0) is 0 Å². The second-order valence-corrected chi connectivity index (χ2v) is 11.2. The van der Waals surface area contributed by atoms with E-state index in [9.17, 15) is 18.4 Å². The normalized spacial score (nSPS) is 15.3. The first-order valence-electron chi connectivity index (χ1n) is 12.4. The fraction of sp³-hybridized carbons (Fsp3) is 0.214. The van der Waals surface area contributed by atoms with Gasteiger partial charge in [-0.1, -0.05) is 24.3 Å². The number of halogens is 2. The van der Waals surface area contributed by atoms with Crippen molar-refractivity contribution in [2.45, 2.75) is 25.8 Å². The Hall–Kier alpha value is -3.96. The number of thiazole rings is 2. The van der Waals surface area contributed by atoms with E-state index < -0.39 is 11.6 Å². The number of imidazole rings is 1. The molecule has 0 aliphatic carbocycles. The van der Waals surface area contributed by atoms with Crippen LogP contribution in [0.4, 0.5) is 8.78 Å². The molecule has 5 aromatic rings. The van der Waals surface area contributed by atoms with Gasteiger partial charge in [0.05, 0.1) is 10.6 Å². The number of nitrogens with one attached hydrogen (secondary N) is 1. The zero-order valence-corrected chi connectivity index (χ0v) is 22.5. The standard InChI is InChI=1S/C28H23F2N5O2S2/c1-16-23(35-13-14-38-28(35)32-16)25(36)31-15-19-5-4-12-34(19)27(37)22-24(17-8-10-18(29)11-9-17)39-26(33-22)20-6-2-3-7-21(20)30/h2-3,6-11,13-14,19H,4-5,12,15H2,1H3,(H,31,36)/t19-/m0/s1. The molecule has 0 unspecified atom stereocenters. The van der Waals surface area contributed by atoms with Crippen molar-refractivity contribution in [2.75, 3.05) is 13.1 Å². The van der Waals surface area contributed by atoms with Gasteiger partial charge < -0.3 is 10.2 Å². The maximum absolute atomic E-state index is 14.6. The van der Waals surface area contributed by atoms with Gasteiger partial charge in [0.2, 0.25) is 0 Å². The van der Waals surface area contributed by atoms with Crippen molar-refractivity contribution in [1.29, 1.82) is 0 Å². The highest BCUT2D eigenvalue weighted by Gasteiger charge is 2.33. The van der Waals surface area contributed by atoms with Gasteiger partial charge >= 0.3 is 0 Å². The summed E-state index contributed by atoms with van der Waals surface area (Å²) in [6, 6.07) is 11.9. The number of hydrogen-bond acceptors (Lipinski definition) is 6. The van der Waals surface area contributed by atoms with Crippen LogP contribution in [0.15, 0.2) is 60.1 Å². The Bertz CT molecular complexity index is 1690. The van der Waals surface area contributed by atoms with Crippen LogP contribution >= 0.6 is 22.7 Å². The molecule has 0 bridgehead atoms. The van der Waals surface area contributed by atoms with E-state index in [1.807, 2.05) is 11.6 Å². The van der Waals surface area contributed by atoms with E-state index >= 15 is 0 Å². The molecular weight excluding hydrogens is 540 g/mol. The molecule has 6 rings (SSSR count). The molecule has 3 aromatic heterocycles. The number of benzene rings is 2. The summed E-state index contributed by atoms with van der Waals surface area (Å²) in [5, 5.41) is 5.22. The number of aryl methyl sites for hydroxylation is 1. The topological polar surface area (TPSA) is 79.6 Å². The first-order valence-corrected chi connectivity index (χ1v) is 14.1. The molecule has 2 aromatic carbocycles. The highest BCUT2D eigenvalue weighted by Crippen LogP contribution is 2.38. The summed E-state index contributed by atoms with van der Waals surface area (Å²) in [7, 11) is 0. The van der Waals surface area contributed by atoms with E-state index in [1.54, 1.807) is 46.6 Å². The molecule has 0 saturated carbocycles. The number of aromatic nitrogens is 3. The van der Waals surface area contributed by atoms with Crippen molar-refractivity contribution >= 4 is 39.4 Å². The Morgan fingerprint density at radius 3 is 2.69 bits per heavy atom. The molecule has 39 heavy (non-hydrogen) atoms. The summed E-state index contributed by atoms with van der Waals surface area (Å²) in [6.07, 6.45) is 3.32. The average Bonchev–Trinajstić information content (AvgIpc) is 3.71. The zero-order valence-electron chi connectivity index (χ0n) is 20.9. The molecule has 2 amide bonds. The lowest BCUT2D eigenvalue weighted by Crippen LogP contribution is -2.43. The Morgan fingerprint density at radius 2 is 1.90 bits per heavy atom. The number of carbonyl (C=O) groups is 2. The largest absolute Gasteiger partial charge is 0.349 e. The number of hydrogen-bond donors (Lipinski definition) is 1. The van der Waals surface area contributed by atoms with Crippen LogP contribution in [-0.4, -0.2) is 50.2 Å². The van der Waals surface area contributed by atoms with Gasteiger partial charge in [0.25, 0.3) is 11.8 Å². The molecule has 1 fully saturated rings. The lowest BCUT2D eigenvalue weighted by molar-refractivity contribution is 0.0720. The average molecular weight is 564 g/mol. The number of fused-ring (bicyclic) bond motifs is 1. The molecule has 11 heteroatoms. The van der Waals surface area contributed by atoms with Gasteiger partial charge in [-0.15, -0.1) is 22.7 Å². The molecule has 1 N–H and O–H groups in total. The van der Waals surface area contributed by atoms with Gasteiger partial charge in [-0.05, 0) is 49.6 Å². The van der Waals surface area contributed by atoms with E-state index in [1.165, 1.54) is 40.9 Å². The van der Waals surface area contributed by atoms with Gasteiger partial charge in [-0.25, -0.2) is 18.7 Å². The quantitative estimate of drug-likeness (QED) is 0.283. The molecule has 1 aliphatic rings. The van der Waals surface area contributed by atoms with Gasteiger partial charge in [0.1, 0.15) is 28.0 Å². The molecule has 0 radical (unpaired) electrons. The molecule has 1 saturated heterocycles. The summed E-state index contributed by atoms with van der Waals surface area (Å²) in [6.45, 7) is 2.58. The minimum Gasteiger partial charge on any atom is -0.349 e. The maximum atomic E-state index is 14.6. The predicted octanol–water partition coefficient (Wildman–Crippen LogP) is 5.81. The number of rotatable bonds is 6. The Balaban J connectivity index is 1.28. The third-order valence-corrected chi connectivity index (χ3v) is 8.72. The summed E-state index contributed by atoms with van der Waals surface area (Å²) < 4.78 is 30.0. The zero-order chi connectivity index (χ0) is 27.1. The van der Waals surface area contributed by atoms with Crippen LogP contribution in [0.2, 0.25) is 0 Å². The van der Waals surface area contributed by atoms with E-state index in [0.29, 0.717) is 38.9 Å². The highest BCUT2D eigenvalue weighted by atomic mass is 32.1. The maximum Gasteiger partial charge on any atom is 0.274 e. The van der Waals surface area contributed by atoms with Crippen LogP contribution < -0.4 is 5.32 Å². The summed E-state index contributed by atoms with van der Waals surface area (Å²) in [5.41, 5.74) is 2.24. The fourth-order valence-electron chi connectivity index (χ4n) is 4.92. The van der Waals surface area contributed by atoms with Crippen molar-refractivity contribution in [1.82, 2.24) is 24.6 Å². The van der Waals surface area contributed by atoms with Crippen molar-refractivity contribution in [3.63, 3.8) is 0 Å². The molecule has 4 heterocycles. The van der Waals surface area contributed by atoms with Crippen molar-refractivity contribution < 1.29 is 18.4 Å². The first-order chi connectivity index (χ1) is 18.9. The van der Waals surface area contributed by atoms with Crippen LogP contribution in [0.1, 0.15) is 39.5 Å². The van der Waals surface area contributed by atoms with E-state index in [-0.39, 0.29) is 30.1 Å². The van der Waals surface area contributed by atoms with Gasteiger partial charge in [-0.2, -0.15) is 0 Å². The molecule has 1 aliphatic heterocycles. The summed E-state index contributed by atoms with van der Waals surface area (Å²) in [5.74, 6) is -1.38. The Labute approximate surface area is 230 Å². The summed E-state index contributed by atoms with van der Waals surface area (Å²) >= 11 is 2.65. The molecule has 7 nitrogen and oxygen atoms in total. The Morgan fingerprint density at radius 1 is 1.10 bits per heavy atom. The molecule has 0 spiro atoms. The van der Waals surface area contributed by atoms with Gasteiger partial charge in [-0.3, -0.25) is 14.0 Å². The SMILES string of the molecule is Cc1nc2sccn2c1C(=O)NC[C@@H]1CCCN1C(=O)c1nc(-c2ccccc2F)sc1-c1ccc(F)cc1. The third kappa shape index (κ3) is 4.72. The van der Waals surface area contributed by atoms with E-state index in [0.717, 1.165) is 17.8 Å². The predicted molar refractivity (Wildman–Crippen MR) is 147 cm³/mol. The van der Waals surface area contributed by atoms with Crippen LogP contribution in [0.3, 0.4) is 0 Å².